The van der Waals surface area contributed by atoms with Crippen molar-refractivity contribution in [2.45, 2.75) is 12.7 Å². The van der Waals surface area contributed by atoms with Gasteiger partial charge in [-0.25, -0.2) is 4.98 Å². The summed E-state index contributed by atoms with van der Waals surface area (Å²) in [4.78, 5) is 5.10. The van der Waals surface area contributed by atoms with Gasteiger partial charge in [-0.2, -0.15) is 18.3 Å². The van der Waals surface area contributed by atoms with Crippen molar-refractivity contribution >= 4 is 11.3 Å². The number of rotatable bonds is 4. The van der Waals surface area contributed by atoms with E-state index >= 15 is 0 Å². The standard InChI is InChI=1S/C10H11F3N4S/c1-17-8(5-14-6-10(11,12)13)15-9(16-17)7-3-2-4-18-7/h2-4,14H,5-6H2,1H3. The second kappa shape index (κ2) is 5.07. The molecule has 0 spiro atoms. The lowest BCUT2D eigenvalue weighted by Gasteiger charge is -2.06. The van der Waals surface area contributed by atoms with Crippen molar-refractivity contribution in [2.75, 3.05) is 6.54 Å². The quantitative estimate of drug-likeness (QED) is 0.931. The Morgan fingerprint density at radius 3 is 2.83 bits per heavy atom. The summed E-state index contributed by atoms with van der Waals surface area (Å²) in [6.07, 6.45) is -4.21. The fourth-order valence-electron chi connectivity index (χ4n) is 1.40. The second-order valence-corrected chi connectivity index (χ2v) is 4.62. The summed E-state index contributed by atoms with van der Waals surface area (Å²) in [5, 5.41) is 8.36. The zero-order valence-electron chi connectivity index (χ0n) is 9.53. The van der Waals surface area contributed by atoms with Crippen LogP contribution in [0.3, 0.4) is 0 Å². The van der Waals surface area contributed by atoms with Gasteiger partial charge in [0, 0.05) is 7.05 Å². The van der Waals surface area contributed by atoms with Gasteiger partial charge in [0.25, 0.3) is 0 Å². The first kappa shape index (κ1) is 13.0. The Bertz CT molecular complexity index is 504. The molecular weight excluding hydrogens is 265 g/mol. The molecule has 8 heteroatoms. The number of nitrogens with zero attached hydrogens (tertiary/aromatic N) is 3. The molecule has 2 rings (SSSR count). The zero-order valence-corrected chi connectivity index (χ0v) is 10.3. The molecule has 0 aliphatic rings. The van der Waals surface area contributed by atoms with Crippen LogP contribution < -0.4 is 5.32 Å². The minimum atomic E-state index is -4.21. The molecule has 0 aromatic carbocycles. The highest BCUT2D eigenvalue weighted by Crippen LogP contribution is 2.21. The van der Waals surface area contributed by atoms with Crippen LogP contribution in [0.5, 0.6) is 0 Å². The highest BCUT2D eigenvalue weighted by molar-refractivity contribution is 7.13. The van der Waals surface area contributed by atoms with Crippen molar-refractivity contribution in [3.8, 4) is 10.7 Å². The second-order valence-electron chi connectivity index (χ2n) is 3.67. The van der Waals surface area contributed by atoms with Crippen molar-refractivity contribution in [3.05, 3.63) is 23.3 Å². The molecule has 0 unspecified atom stereocenters. The van der Waals surface area contributed by atoms with Crippen molar-refractivity contribution in [1.29, 1.82) is 0 Å². The molecule has 1 N–H and O–H groups in total. The van der Waals surface area contributed by atoms with Crippen molar-refractivity contribution < 1.29 is 13.2 Å². The predicted molar refractivity (Wildman–Crippen MR) is 62.1 cm³/mol. The van der Waals surface area contributed by atoms with Crippen LogP contribution in [0.15, 0.2) is 17.5 Å². The Hall–Kier alpha value is -1.41. The predicted octanol–water partition coefficient (Wildman–Crippen LogP) is 2.20. The molecule has 0 bridgehead atoms. The molecule has 0 saturated carbocycles. The van der Waals surface area contributed by atoms with Gasteiger partial charge in [0.1, 0.15) is 5.82 Å². The van der Waals surface area contributed by atoms with Gasteiger partial charge in [-0.1, -0.05) is 6.07 Å². The van der Waals surface area contributed by atoms with E-state index < -0.39 is 12.7 Å². The average molecular weight is 276 g/mol. The van der Waals surface area contributed by atoms with Gasteiger partial charge in [-0.3, -0.25) is 4.68 Å². The van der Waals surface area contributed by atoms with Crippen LogP contribution >= 0.6 is 11.3 Å². The monoisotopic (exact) mass is 276 g/mol. The Balaban J connectivity index is 2.02. The summed E-state index contributed by atoms with van der Waals surface area (Å²) in [5.74, 6) is 1.01. The fraction of sp³-hybridized carbons (Fsp3) is 0.400. The van der Waals surface area contributed by atoms with Crippen LogP contribution in [0.25, 0.3) is 10.7 Å². The third-order valence-electron chi connectivity index (χ3n) is 2.20. The molecule has 4 nitrogen and oxygen atoms in total. The normalized spacial score (nSPS) is 12.0. The Morgan fingerprint density at radius 1 is 1.44 bits per heavy atom. The lowest BCUT2D eigenvalue weighted by Crippen LogP contribution is -2.29. The summed E-state index contributed by atoms with van der Waals surface area (Å²) >= 11 is 1.49. The van der Waals surface area contributed by atoms with E-state index in [2.05, 4.69) is 15.4 Å². The van der Waals surface area contributed by atoms with E-state index in [4.69, 9.17) is 0 Å². The van der Waals surface area contributed by atoms with Gasteiger partial charge >= 0.3 is 6.18 Å². The lowest BCUT2D eigenvalue weighted by molar-refractivity contribution is -0.125. The van der Waals surface area contributed by atoms with E-state index in [1.54, 1.807) is 7.05 Å². The van der Waals surface area contributed by atoms with E-state index in [1.807, 2.05) is 17.5 Å². The van der Waals surface area contributed by atoms with Crippen LogP contribution in [0.1, 0.15) is 5.82 Å². The summed E-state index contributed by atoms with van der Waals surface area (Å²) in [6, 6.07) is 3.74. The van der Waals surface area contributed by atoms with Gasteiger partial charge in [0.15, 0.2) is 5.82 Å². The molecular formula is C10H11F3N4S. The Kier molecular flexibility index (Phi) is 3.67. The smallest absolute Gasteiger partial charge is 0.302 e. The first-order valence-electron chi connectivity index (χ1n) is 5.17. The largest absolute Gasteiger partial charge is 0.401 e. The molecule has 0 amide bonds. The molecule has 2 aromatic rings. The topological polar surface area (TPSA) is 42.7 Å². The number of halogens is 3. The van der Waals surface area contributed by atoms with E-state index in [0.717, 1.165) is 4.88 Å². The van der Waals surface area contributed by atoms with Crippen LogP contribution in [0.2, 0.25) is 0 Å². The molecule has 0 aliphatic heterocycles. The number of aromatic nitrogens is 3. The molecule has 0 aliphatic carbocycles. The molecule has 2 aromatic heterocycles. The number of nitrogens with one attached hydrogen (secondary N) is 1. The molecule has 18 heavy (non-hydrogen) atoms. The fourth-order valence-corrected chi connectivity index (χ4v) is 2.05. The molecule has 98 valence electrons. The lowest BCUT2D eigenvalue weighted by atomic mass is 10.4. The third-order valence-corrected chi connectivity index (χ3v) is 3.07. The van der Waals surface area contributed by atoms with Gasteiger partial charge in [-0.15, -0.1) is 11.3 Å². The minimum Gasteiger partial charge on any atom is -0.302 e. The SMILES string of the molecule is Cn1nc(-c2cccs2)nc1CNCC(F)(F)F. The minimum absolute atomic E-state index is 0.0361. The zero-order chi connectivity index (χ0) is 13.2. The van der Waals surface area contributed by atoms with Crippen molar-refractivity contribution in [2.24, 2.45) is 7.05 Å². The maximum atomic E-state index is 12.0. The highest BCUT2D eigenvalue weighted by Gasteiger charge is 2.26. The van der Waals surface area contributed by atoms with Crippen LogP contribution in [0.4, 0.5) is 13.2 Å². The van der Waals surface area contributed by atoms with E-state index in [1.165, 1.54) is 16.0 Å². The Labute approximate surface area is 105 Å². The summed E-state index contributed by atoms with van der Waals surface area (Å²) in [5.41, 5.74) is 0. The number of aryl methyl sites for hydroxylation is 1. The van der Waals surface area contributed by atoms with Crippen LogP contribution in [-0.4, -0.2) is 27.5 Å². The Morgan fingerprint density at radius 2 is 2.22 bits per heavy atom. The molecule has 0 atom stereocenters. The maximum Gasteiger partial charge on any atom is 0.401 e. The summed E-state index contributed by atoms with van der Waals surface area (Å²) in [7, 11) is 1.66. The summed E-state index contributed by atoms with van der Waals surface area (Å²) < 4.78 is 37.4. The number of hydrogen-bond acceptors (Lipinski definition) is 4. The summed E-state index contributed by atoms with van der Waals surface area (Å²) in [6.45, 7) is -0.997. The van der Waals surface area contributed by atoms with Gasteiger partial charge in [-0.05, 0) is 11.4 Å². The number of alkyl halides is 3. The van der Waals surface area contributed by atoms with Gasteiger partial charge in [0.2, 0.25) is 0 Å². The highest BCUT2D eigenvalue weighted by atomic mass is 32.1. The first-order valence-corrected chi connectivity index (χ1v) is 6.05. The van der Waals surface area contributed by atoms with E-state index in [0.29, 0.717) is 11.6 Å². The first-order chi connectivity index (χ1) is 8.46. The molecule has 0 saturated heterocycles. The van der Waals surface area contributed by atoms with Crippen LogP contribution in [-0.2, 0) is 13.6 Å². The van der Waals surface area contributed by atoms with Crippen molar-refractivity contribution in [3.63, 3.8) is 0 Å². The van der Waals surface area contributed by atoms with Gasteiger partial charge < -0.3 is 5.32 Å². The van der Waals surface area contributed by atoms with E-state index in [-0.39, 0.29) is 6.54 Å². The molecule has 0 radical (unpaired) electrons. The number of hydrogen-bond donors (Lipinski definition) is 1. The van der Waals surface area contributed by atoms with Crippen molar-refractivity contribution in [1.82, 2.24) is 20.1 Å². The average Bonchev–Trinajstić information content (AvgIpc) is 2.86. The number of thiophene rings is 1. The molecule has 2 heterocycles. The maximum absolute atomic E-state index is 12.0. The van der Waals surface area contributed by atoms with Crippen LogP contribution in [0, 0.1) is 0 Å². The third kappa shape index (κ3) is 3.30. The molecule has 0 fully saturated rings. The van der Waals surface area contributed by atoms with Gasteiger partial charge in [0.05, 0.1) is 18.0 Å². The van der Waals surface area contributed by atoms with E-state index in [9.17, 15) is 13.2 Å².